The van der Waals surface area contributed by atoms with Crippen LogP contribution >= 0.6 is 11.6 Å². The lowest BCUT2D eigenvalue weighted by molar-refractivity contribution is -0.135. The minimum Gasteiger partial charge on any atom is -0.452 e. The van der Waals surface area contributed by atoms with Gasteiger partial charge >= 0.3 is 5.97 Å². The number of carbonyl (C=O) groups excluding carboxylic acids is 2. The Morgan fingerprint density at radius 3 is 2.39 bits per heavy atom. The summed E-state index contributed by atoms with van der Waals surface area (Å²) in [7, 11) is -3.78. The number of benzene rings is 2. The Bertz CT molecular complexity index is 1310. The number of esters is 1. The van der Waals surface area contributed by atoms with E-state index in [9.17, 15) is 22.4 Å². The van der Waals surface area contributed by atoms with Gasteiger partial charge in [0, 0.05) is 31.6 Å². The van der Waals surface area contributed by atoms with Crippen LogP contribution in [0.2, 0.25) is 5.15 Å². The molecule has 2 heterocycles. The maximum atomic E-state index is 13.1. The molecule has 2 aromatic carbocycles. The van der Waals surface area contributed by atoms with Crippen LogP contribution in [0.4, 0.5) is 4.39 Å². The fourth-order valence-corrected chi connectivity index (χ4v) is 5.04. The van der Waals surface area contributed by atoms with Crippen LogP contribution in [0.5, 0.6) is 0 Å². The third-order valence-corrected chi connectivity index (χ3v) is 7.38. The molecular weight excluding hydrogens is 473 g/mol. The van der Waals surface area contributed by atoms with Gasteiger partial charge in [-0.25, -0.2) is 22.6 Å². The highest BCUT2D eigenvalue weighted by atomic mass is 35.5. The van der Waals surface area contributed by atoms with Crippen LogP contribution in [0.1, 0.15) is 10.4 Å². The molecule has 3 aromatic rings. The smallest absolute Gasteiger partial charge is 0.338 e. The summed E-state index contributed by atoms with van der Waals surface area (Å²) in [5.74, 6) is -1.60. The molecule has 33 heavy (non-hydrogen) atoms. The van der Waals surface area contributed by atoms with E-state index in [-0.39, 0.29) is 36.6 Å². The molecule has 0 spiro atoms. The molecule has 11 heteroatoms. The van der Waals surface area contributed by atoms with Gasteiger partial charge in [-0.1, -0.05) is 11.6 Å². The van der Waals surface area contributed by atoms with Gasteiger partial charge in [0.2, 0.25) is 10.0 Å². The van der Waals surface area contributed by atoms with Gasteiger partial charge in [-0.3, -0.25) is 4.79 Å². The summed E-state index contributed by atoms with van der Waals surface area (Å²) in [6.07, 6.45) is 0. The highest BCUT2D eigenvalue weighted by Gasteiger charge is 2.30. The SMILES string of the molecule is O=C(OCC(=O)N1CCN(S(=O)(=O)c2ccc(F)cc2)CC1)c1ccc2nc(Cl)ccc2c1. The van der Waals surface area contributed by atoms with Gasteiger partial charge in [-0.15, -0.1) is 0 Å². The summed E-state index contributed by atoms with van der Waals surface area (Å²) >= 11 is 5.86. The van der Waals surface area contributed by atoms with E-state index < -0.39 is 34.3 Å². The fourth-order valence-electron chi connectivity index (χ4n) is 3.46. The molecule has 1 aliphatic rings. The molecule has 0 saturated carbocycles. The number of hydrogen-bond donors (Lipinski definition) is 0. The Morgan fingerprint density at radius 2 is 1.70 bits per heavy atom. The molecule has 0 radical (unpaired) electrons. The number of sulfonamides is 1. The lowest BCUT2D eigenvalue weighted by Gasteiger charge is -2.33. The van der Waals surface area contributed by atoms with Gasteiger partial charge < -0.3 is 9.64 Å². The van der Waals surface area contributed by atoms with E-state index >= 15 is 0 Å². The van der Waals surface area contributed by atoms with Crippen LogP contribution in [0.3, 0.4) is 0 Å². The van der Waals surface area contributed by atoms with Gasteiger partial charge in [-0.2, -0.15) is 4.31 Å². The highest BCUT2D eigenvalue weighted by molar-refractivity contribution is 7.89. The van der Waals surface area contributed by atoms with Gasteiger partial charge in [-0.05, 0) is 54.6 Å². The number of hydrogen-bond acceptors (Lipinski definition) is 6. The first kappa shape index (κ1) is 23.1. The average molecular weight is 492 g/mol. The lowest BCUT2D eigenvalue weighted by Crippen LogP contribution is -2.51. The molecule has 1 fully saturated rings. The standard InChI is InChI=1S/C22H19ClFN3O5S/c23-20-8-2-15-13-16(1-7-19(15)25-20)22(29)32-14-21(28)26-9-11-27(12-10-26)33(30,31)18-5-3-17(24)4-6-18/h1-8,13H,9-12,14H2. The monoisotopic (exact) mass is 491 g/mol. The van der Waals surface area contributed by atoms with Crippen LogP contribution in [0.15, 0.2) is 59.5 Å². The summed E-state index contributed by atoms with van der Waals surface area (Å²) in [4.78, 5) is 30.4. The van der Waals surface area contributed by atoms with Crippen molar-refractivity contribution in [1.29, 1.82) is 0 Å². The lowest BCUT2D eigenvalue weighted by atomic mass is 10.1. The van der Waals surface area contributed by atoms with Crippen molar-refractivity contribution in [3.63, 3.8) is 0 Å². The maximum absolute atomic E-state index is 13.1. The fraction of sp³-hybridized carbons (Fsp3) is 0.227. The number of amides is 1. The molecule has 172 valence electrons. The highest BCUT2D eigenvalue weighted by Crippen LogP contribution is 2.19. The quantitative estimate of drug-likeness (QED) is 0.402. The van der Waals surface area contributed by atoms with Crippen LogP contribution < -0.4 is 0 Å². The summed E-state index contributed by atoms with van der Waals surface area (Å²) in [5.41, 5.74) is 0.901. The van der Waals surface area contributed by atoms with Crippen molar-refractivity contribution in [2.24, 2.45) is 0 Å². The number of pyridine rings is 1. The molecule has 1 saturated heterocycles. The number of ether oxygens (including phenoxy) is 1. The van der Waals surface area contributed by atoms with Crippen LogP contribution in [-0.4, -0.2) is 67.3 Å². The van der Waals surface area contributed by atoms with Gasteiger partial charge in [0.25, 0.3) is 5.91 Å². The number of nitrogens with zero attached hydrogens (tertiary/aromatic N) is 3. The molecule has 8 nitrogen and oxygen atoms in total. The molecule has 0 unspecified atom stereocenters. The molecular formula is C22H19ClFN3O5S. The molecule has 1 amide bonds. The Kier molecular flexibility index (Phi) is 6.59. The first-order valence-corrected chi connectivity index (χ1v) is 11.8. The predicted octanol–water partition coefficient (Wildman–Crippen LogP) is 2.72. The average Bonchev–Trinajstić information content (AvgIpc) is 2.82. The molecule has 1 aromatic heterocycles. The number of halogens is 2. The van der Waals surface area contributed by atoms with Crippen molar-refractivity contribution in [1.82, 2.24) is 14.2 Å². The molecule has 4 rings (SSSR count). The van der Waals surface area contributed by atoms with E-state index in [4.69, 9.17) is 16.3 Å². The third-order valence-electron chi connectivity index (χ3n) is 5.26. The number of rotatable bonds is 5. The third kappa shape index (κ3) is 5.13. The molecule has 1 aliphatic heterocycles. The zero-order valence-corrected chi connectivity index (χ0v) is 18.9. The molecule has 0 aliphatic carbocycles. The first-order chi connectivity index (χ1) is 15.7. The van der Waals surface area contributed by atoms with E-state index in [0.717, 1.165) is 12.1 Å². The minimum absolute atomic E-state index is 0.00883. The van der Waals surface area contributed by atoms with Crippen molar-refractivity contribution < 1.29 is 27.1 Å². The zero-order chi connectivity index (χ0) is 23.6. The molecule has 0 atom stereocenters. The van der Waals surface area contributed by atoms with E-state index in [1.165, 1.54) is 27.4 Å². The molecule has 0 N–H and O–H groups in total. The Morgan fingerprint density at radius 1 is 1.00 bits per heavy atom. The Hall–Kier alpha value is -3.08. The minimum atomic E-state index is -3.78. The predicted molar refractivity (Wildman–Crippen MR) is 119 cm³/mol. The van der Waals surface area contributed by atoms with Crippen LogP contribution in [0, 0.1) is 5.82 Å². The normalized spacial score (nSPS) is 14.9. The second-order valence-electron chi connectivity index (χ2n) is 7.36. The summed E-state index contributed by atoms with van der Waals surface area (Å²) in [6.45, 7) is 0.0120. The summed E-state index contributed by atoms with van der Waals surface area (Å²) in [6, 6.07) is 12.7. The largest absolute Gasteiger partial charge is 0.452 e. The summed E-state index contributed by atoms with van der Waals surface area (Å²) < 4.78 is 44.8. The van der Waals surface area contributed by atoms with Crippen LogP contribution in [-0.2, 0) is 19.6 Å². The van der Waals surface area contributed by atoms with Crippen LogP contribution in [0.25, 0.3) is 10.9 Å². The van der Waals surface area contributed by atoms with Crippen molar-refractivity contribution in [3.05, 3.63) is 71.1 Å². The van der Waals surface area contributed by atoms with Gasteiger partial charge in [0.1, 0.15) is 11.0 Å². The van der Waals surface area contributed by atoms with Gasteiger partial charge in [0.15, 0.2) is 6.61 Å². The Balaban J connectivity index is 1.31. The van der Waals surface area contributed by atoms with Crippen molar-refractivity contribution >= 4 is 44.4 Å². The number of fused-ring (bicyclic) bond motifs is 1. The van der Waals surface area contributed by atoms with Crippen molar-refractivity contribution in [2.75, 3.05) is 32.8 Å². The second kappa shape index (κ2) is 9.42. The molecule has 0 bridgehead atoms. The van der Waals surface area contributed by atoms with E-state index in [1.54, 1.807) is 24.3 Å². The number of aromatic nitrogens is 1. The van der Waals surface area contributed by atoms with Gasteiger partial charge in [0.05, 0.1) is 16.0 Å². The van der Waals surface area contributed by atoms with E-state index in [0.29, 0.717) is 16.1 Å². The topological polar surface area (TPSA) is 96.9 Å². The second-order valence-corrected chi connectivity index (χ2v) is 9.68. The van der Waals surface area contributed by atoms with Crippen molar-refractivity contribution in [2.45, 2.75) is 4.90 Å². The zero-order valence-electron chi connectivity index (χ0n) is 17.3. The van der Waals surface area contributed by atoms with Crippen molar-refractivity contribution in [3.8, 4) is 0 Å². The maximum Gasteiger partial charge on any atom is 0.338 e. The number of piperazine rings is 1. The Labute approximate surface area is 194 Å². The first-order valence-electron chi connectivity index (χ1n) is 10.0. The summed E-state index contributed by atoms with van der Waals surface area (Å²) in [5, 5.41) is 1.05. The van der Waals surface area contributed by atoms with E-state index in [1.807, 2.05) is 0 Å². The van der Waals surface area contributed by atoms with E-state index in [2.05, 4.69) is 4.98 Å². The number of carbonyl (C=O) groups is 2.